The summed E-state index contributed by atoms with van der Waals surface area (Å²) in [5.74, 6) is -0.326. The standard InChI is InChI=1S/C44H25FN4/c45-37-19-6-1-14-32(37)28-12-11-13-29(24-28)42-43(48-38-20-7-2-15-33(38)34-16-3-8-21-39(34)48)30(26-46)25-31(27-47)44(42)49-40-22-9-4-17-35(40)36-18-5-10-23-41(36)49/h1-25H. The number of fused-ring (bicyclic) bond motifs is 6. The number of benzene rings is 7. The molecule has 0 aliphatic rings. The fourth-order valence-corrected chi connectivity index (χ4v) is 7.44. The van der Waals surface area contributed by atoms with Gasteiger partial charge in [0.15, 0.2) is 0 Å². The maximum Gasteiger partial charge on any atom is 0.131 e. The van der Waals surface area contributed by atoms with Crippen molar-refractivity contribution in [2.24, 2.45) is 0 Å². The highest BCUT2D eigenvalue weighted by molar-refractivity contribution is 6.12. The SMILES string of the molecule is N#Cc1cc(C#N)c(-n2c3ccccc3c3ccccc32)c(-c2cccc(-c3ccccc3F)c2)c1-n1c2ccccc2c2ccccc21. The fourth-order valence-electron chi connectivity index (χ4n) is 7.44. The second-order valence-corrected chi connectivity index (χ2v) is 12.1. The van der Waals surface area contributed by atoms with Gasteiger partial charge in [0.2, 0.25) is 0 Å². The first-order chi connectivity index (χ1) is 24.2. The van der Waals surface area contributed by atoms with Gasteiger partial charge >= 0.3 is 0 Å². The third-order valence-corrected chi connectivity index (χ3v) is 9.46. The van der Waals surface area contributed by atoms with E-state index in [0.29, 0.717) is 39.2 Å². The number of halogens is 1. The van der Waals surface area contributed by atoms with E-state index < -0.39 is 0 Å². The maximum atomic E-state index is 15.3. The number of nitrogens with zero attached hydrogens (tertiary/aromatic N) is 4. The molecule has 7 aromatic carbocycles. The summed E-state index contributed by atoms with van der Waals surface area (Å²) in [7, 11) is 0. The number of hydrogen-bond acceptors (Lipinski definition) is 2. The van der Waals surface area contributed by atoms with Crippen molar-refractivity contribution < 1.29 is 4.39 Å². The molecule has 0 saturated heterocycles. The quantitative estimate of drug-likeness (QED) is 0.195. The molecule has 0 bridgehead atoms. The third kappa shape index (κ3) is 4.20. The summed E-state index contributed by atoms with van der Waals surface area (Å²) >= 11 is 0. The summed E-state index contributed by atoms with van der Waals surface area (Å²) in [5.41, 5.74) is 8.38. The van der Waals surface area contributed by atoms with Crippen molar-refractivity contribution in [3.05, 3.63) is 169 Å². The first-order valence-electron chi connectivity index (χ1n) is 16.0. The van der Waals surface area contributed by atoms with E-state index in [-0.39, 0.29) is 5.82 Å². The predicted octanol–water partition coefficient (Wildman–Crippen LogP) is 11.1. The zero-order valence-electron chi connectivity index (χ0n) is 26.1. The molecule has 9 aromatic rings. The molecule has 0 amide bonds. The van der Waals surface area contributed by atoms with Crippen molar-refractivity contribution in [1.29, 1.82) is 10.5 Å². The van der Waals surface area contributed by atoms with Crippen LogP contribution in [0.15, 0.2) is 152 Å². The molecule has 0 saturated carbocycles. The van der Waals surface area contributed by atoms with Crippen LogP contribution in [-0.4, -0.2) is 9.13 Å². The molecule has 0 unspecified atom stereocenters. The Labute approximate surface area is 281 Å². The Morgan fingerprint density at radius 1 is 0.429 bits per heavy atom. The van der Waals surface area contributed by atoms with Gasteiger partial charge in [-0.15, -0.1) is 0 Å². The first-order valence-corrected chi connectivity index (χ1v) is 16.0. The lowest BCUT2D eigenvalue weighted by Gasteiger charge is -2.23. The molecular weight excluding hydrogens is 604 g/mol. The molecule has 5 heteroatoms. The topological polar surface area (TPSA) is 57.4 Å². The molecule has 0 aliphatic heterocycles. The van der Waals surface area contributed by atoms with Crippen LogP contribution in [0.1, 0.15) is 11.1 Å². The predicted molar refractivity (Wildman–Crippen MR) is 195 cm³/mol. The minimum atomic E-state index is -0.326. The van der Waals surface area contributed by atoms with Crippen LogP contribution in [0, 0.1) is 28.5 Å². The van der Waals surface area contributed by atoms with Crippen molar-refractivity contribution in [1.82, 2.24) is 9.13 Å². The van der Waals surface area contributed by atoms with Crippen molar-refractivity contribution in [3.63, 3.8) is 0 Å². The molecule has 9 rings (SSSR count). The molecule has 228 valence electrons. The van der Waals surface area contributed by atoms with Crippen molar-refractivity contribution >= 4 is 43.6 Å². The van der Waals surface area contributed by atoms with Gasteiger partial charge in [-0.1, -0.05) is 109 Å². The van der Waals surface area contributed by atoms with Gasteiger partial charge in [0.25, 0.3) is 0 Å². The third-order valence-electron chi connectivity index (χ3n) is 9.46. The van der Waals surface area contributed by atoms with E-state index >= 15 is 4.39 Å². The Morgan fingerprint density at radius 3 is 1.29 bits per heavy atom. The number of hydrogen-bond donors (Lipinski definition) is 0. The summed E-state index contributed by atoms with van der Waals surface area (Å²) in [6.45, 7) is 0. The van der Waals surface area contributed by atoms with Gasteiger partial charge < -0.3 is 9.13 Å². The lowest BCUT2D eigenvalue weighted by Crippen LogP contribution is -2.08. The van der Waals surface area contributed by atoms with E-state index in [1.807, 2.05) is 78.9 Å². The molecule has 0 N–H and O–H groups in total. The largest absolute Gasteiger partial charge is 0.307 e. The van der Waals surface area contributed by atoms with Gasteiger partial charge in [-0.3, -0.25) is 0 Å². The highest BCUT2D eigenvalue weighted by Gasteiger charge is 2.27. The van der Waals surface area contributed by atoms with Crippen molar-refractivity contribution in [2.45, 2.75) is 0 Å². The van der Waals surface area contributed by atoms with Crippen LogP contribution in [0.3, 0.4) is 0 Å². The minimum Gasteiger partial charge on any atom is -0.307 e. The van der Waals surface area contributed by atoms with Gasteiger partial charge in [0.1, 0.15) is 18.0 Å². The number of aromatic nitrogens is 2. The first kappa shape index (κ1) is 28.3. The monoisotopic (exact) mass is 628 g/mol. The molecule has 4 nitrogen and oxygen atoms in total. The second kappa shape index (κ2) is 11.1. The number of para-hydroxylation sites is 4. The molecule has 0 radical (unpaired) electrons. The lowest BCUT2D eigenvalue weighted by atomic mass is 9.91. The minimum absolute atomic E-state index is 0.326. The van der Waals surface area contributed by atoms with E-state index in [9.17, 15) is 10.5 Å². The van der Waals surface area contributed by atoms with E-state index in [4.69, 9.17) is 0 Å². The molecule has 49 heavy (non-hydrogen) atoms. The fraction of sp³-hybridized carbons (Fsp3) is 0. The van der Waals surface area contributed by atoms with Crippen LogP contribution in [0.5, 0.6) is 0 Å². The van der Waals surface area contributed by atoms with Gasteiger partial charge in [-0.25, -0.2) is 4.39 Å². The van der Waals surface area contributed by atoms with Crippen LogP contribution in [0.4, 0.5) is 4.39 Å². The Bertz CT molecular complexity index is 2620. The zero-order valence-corrected chi connectivity index (χ0v) is 26.1. The Hall–Kier alpha value is -6.95. The molecule has 0 aliphatic carbocycles. The van der Waals surface area contributed by atoms with Crippen molar-refractivity contribution in [3.8, 4) is 45.8 Å². The van der Waals surface area contributed by atoms with Crippen molar-refractivity contribution in [2.75, 3.05) is 0 Å². The lowest BCUT2D eigenvalue weighted by molar-refractivity contribution is 0.631. The highest BCUT2D eigenvalue weighted by Crippen LogP contribution is 2.45. The summed E-state index contributed by atoms with van der Waals surface area (Å²) in [4.78, 5) is 0. The van der Waals surface area contributed by atoms with Crippen LogP contribution in [-0.2, 0) is 0 Å². The number of nitriles is 2. The van der Waals surface area contributed by atoms with Gasteiger partial charge in [0.05, 0.1) is 44.6 Å². The van der Waals surface area contributed by atoms with E-state index in [2.05, 4.69) is 69.8 Å². The molecule has 2 heterocycles. The average molecular weight is 629 g/mol. The van der Waals surface area contributed by atoms with Crippen LogP contribution in [0.2, 0.25) is 0 Å². The molecule has 0 fully saturated rings. The average Bonchev–Trinajstić information content (AvgIpc) is 3.67. The van der Waals surface area contributed by atoms with Crippen LogP contribution in [0.25, 0.3) is 77.2 Å². The molecular formula is C44H25FN4. The normalized spacial score (nSPS) is 11.3. The summed E-state index contributed by atoms with van der Waals surface area (Å²) < 4.78 is 19.5. The smallest absolute Gasteiger partial charge is 0.131 e. The number of rotatable bonds is 4. The maximum absolute atomic E-state index is 15.3. The Balaban J connectivity index is 1.53. The van der Waals surface area contributed by atoms with Crippen LogP contribution >= 0.6 is 0 Å². The molecule has 0 spiro atoms. The van der Waals surface area contributed by atoms with Gasteiger partial charge in [0, 0.05) is 32.7 Å². The van der Waals surface area contributed by atoms with Gasteiger partial charge in [-0.05, 0) is 53.6 Å². The Kier molecular flexibility index (Phi) is 6.40. The zero-order chi connectivity index (χ0) is 33.1. The Morgan fingerprint density at radius 2 is 0.837 bits per heavy atom. The highest BCUT2D eigenvalue weighted by atomic mass is 19.1. The second-order valence-electron chi connectivity index (χ2n) is 12.1. The molecule has 0 atom stereocenters. The van der Waals surface area contributed by atoms with E-state index in [1.165, 1.54) is 6.07 Å². The van der Waals surface area contributed by atoms with E-state index in [1.54, 1.807) is 18.2 Å². The van der Waals surface area contributed by atoms with Gasteiger partial charge in [-0.2, -0.15) is 10.5 Å². The summed E-state index contributed by atoms with van der Waals surface area (Å²) in [5, 5.41) is 25.9. The summed E-state index contributed by atoms with van der Waals surface area (Å²) in [6.07, 6.45) is 0. The van der Waals surface area contributed by atoms with E-state index in [0.717, 1.165) is 49.2 Å². The molecule has 2 aromatic heterocycles. The summed E-state index contributed by atoms with van der Waals surface area (Å²) in [6, 6.07) is 53.8. The van der Waals surface area contributed by atoms with Crippen LogP contribution < -0.4 is 0 Å².